The topological polar surface area (TPSA) is 42.0 Å². The molecule has 0 aliphatic carbocycles. The van der Waals surface area contributed by atoms with Crippen molar-refractivity contribution in [3.05, 3.63) is 70.2 Å². The van der Waals surface area contributed by atoms with E-state index in [0.717, 1.165) is 15.5 Å². The van der Waals surface area contributed by atoms with E-state index in [4.69, 9.17) is 23.2 Å². The van der Waals surface area contributed by atoms with Gasteiger partial charge >= 0.3 is 0 Å². The van der Waals surface area contributed by atoms with Gasteiger partial charge in [0.15, 0.2) is 5.13 Å². The van der Waals surface area contributed by atoms with Gasteiger partial charge < -0.3 is 0 Å². The summed E-state index contributed by atoms with van der Waals surface area (Å²) >= 11 is 13.6. The van der Waals surface area contributed by atoms with Crippen molar-refractivity contribution in [2.75, 3.05) is 5.32 Å². The molecule has 3 aromatic carbocycles. The number of hydrogen-bond donors (Lipinski definition) is 1. The Bertz CT molecular complexity index is 1050. The number of thiazole rings is 1. The summed E-state index contributed by atoms with van der Waals surface area (Å²) in [5, 5.41) is 6.31. The fraction of sp³-hybridized carbons (Fsp3) is 0. The third-order valence-corrected chi connectivity index (χ3v) is 5.44. The zero-order chi connectivity index (χ0) is 16.7. The molecule has 4 rings (SSSR count). The minimum atomic E-state index is -0.210. The highest BCUT2D eigenvalue weighted by atomic mass is 35.5. The molecule has 0 fully saturated rings. The van der Waals surface area contributed by atoms with Crippen LogP contribution in [0.25, 0.3) is 21.0 Å². The Balaban J connectivity index is 1.74. The van der Waals surface area contributed by atoms with Crippen LogP contribution in [0.15, 0.2) is 54.6 Å². The van der Waals surface area contributed by atoms with Crippen LogP contribution >= 0.6 is 34.5 Å². The Morgan fingerprint density at radius 3 is 2.54 bits per heavy atom. The zero-order valence-corrected chi connectivity index (χ0v) is 14.5. The molecular formula is C18H10Cl2N2OS. The number of carbonyl (C=O) groups is 1. The molecule has 0 atom stereocenters. The predicted molar refractivity (Wildman–Crippen MR) is 102 cm³/mol. The number of carbonyl (C=O) groups excluding carboxylic acids is 1. The summed E-state index contributed by atoms with van der Waals surface area (Å²) < 4.78 is 0.761. The molecule has 0 radical (unpaired) electrons. The molecule has 0 spiro atoms. The first-order valence-electron chi connectivity index (χ1n) is 7.17. The summed E-state index contributed by atoms with van der Waals surface area (Å²) in [7, 11) is 0. The van der Waals surface area contributed by atoms with Crippen LogP contribution in [0, 0.1) is 0 Å². The van der Waals surface area contributed by atoms with E-state index in [2.05, 4.69) is 10.3 Å². The summed E-state index contributed by atoms with van der Waals surface area (Å²) in [6.45, 7) is 0. The fourth-order valence-corrected chi connectivity index (χ4v) is 4.00. The molecule has 4 aromatic rings. The van der Waals surface area contributed by atoms with Gasteiger partial charge in [-0.05, 0) is 29.0 Å². The van der Waals surface area contributed by atoms with Gasteiger partial charge in [0.25, 0.3) is 5.91 Å². The summed E-state index contributed by atoms with van der Waals surface area (Å²) in [6.07, 6.45) is 0. The van der Waals surface area contributed by atoms with Crippen LogP contribution in [-0.2, 0) is 0 Å². The van der Waals surface area contributed by atoms with Crippen molar-refractivity contribution in [3.8, 4) is 0 Å². The molecule has 0 saturated carbocycles. The van der Waals surface area contributed by atoms with Crippen molar-refractivity contribution in [1.29, 1.82) is 0 Å². The van der Waals surface area contributed by atoms with E-state index in [0.29, 0.717) is 26.3 Å². The molecule has 24 heavy (non-hydrogen) atoms. The lowest BCUT2D eigenvalue weighted by molar-refractivity contribution is 0.102. The number of rotatable bonds is 2. The Kier molecular flexibility index (Phi) is 3.88. The largest absolute Gasteiger partial charge is 0.298 e. The van der Waals surface area contributed by atoms with Gasteiger partial charge in [0.05, 0.1) is 14.7 Å². The maximum absolute atomic E-state index is 12.7. The second-order valence-electron chi connectivity index (χ2n) is 5.21. The summed E-state index contributed by atoms with van der Waals surface area (Å²) in [5.41, 5.74) is 1.20. The van der Waals surface area contributed by atoms with Gasteiger partial charge in [0.2, 0.25) is 0 Å². The number of benzene rings is 3. The Labute approximate surface area is 151 Å². The molecule has 1 amide bonds. The van der Waals surface area contributed by atoms with Crippen LogP contribution in [0.2, 0.25) is 10.0 Å². The molecular weight excluding hydrogens is 363 g/mol. The predicted octanol–water partition coefficient (Wildman–Crippen LogP) is 6.01. The lowest BCUT2D eigenvalue weighted by Crippen LogP contribution is -2.12. The van der Waals surface area contributed by atoms with Gasteiger partial charge in [0, 0.05) is 5.56 Å². The SMILES string of the molecule is O=C(Nc1nc2c(Cl)ccc(Cl)c2s1)c1cccc2ccccc12. The number of hydrogen-bond acceptors (Lipinski definition) is 3. The Morgan fingerprint density at radius 2 is 1.71 bits per heavy atom. The maximum atomic E-state index is 12.7. The first kappa shape index (κ1) is 15.4. The second-order valence-corrected chi connectivity index (χ2v) is 7.02. The van der Waals surface area contributed by atoms with Crippen LogP contribution in [0.4, 0.5) is 5.13 Å². The highest BCUT2D eigenvalue weighted by Crippen LogP contribution is 2.36. The van der Waals surface area contributed by atoms with Gasteiger partial charge in [-0.1, -0.05) is 70.9 Å². The van der Waals surface area contributed by atoms with E-state index in [1.54, 1.807) is 18.2 Å². The summed E-state index contributed by atoms with van der Waals surface area (Å²) in [6, 6.07) is 16.8. The third kappa shape index (κ3) is 2.63. The van der Waals surface area contributed by atoms with E-state index < -0.39 is 0 Å². The van der Waals surface area contributed by atoms with E-state index in [-0.39, 0.29) is 5.91 Å². The summed E-state index contributed by atoms with van der Waals surface area (Å²) in [4.78, 5) is 17.1. The van der Waals surface area contributed by atoms with Crippen LogP contribution in [-0.4, -0.2) is 10.9 Å². The maximum Gasteiger partial charge on any atom is 0.258 e. The first-order valence-corrected chi connectivity index (χ1v) is 8.74. The van der Waals surface area contributed by atoms with Crippen LogP contribution < -0.4 is 5.32 Å². The summed E-state index contributed by atoms with van der Waals surface area (Å²) in [5.74, 6) is -0.210. The van der Waals surface area contributed by atoms with Crippen molar-refractivity contribution < 1.29 is 4.79 Å². The van der Waals surface area contributed by atoms with Crippen molar-refractivity contribution in [2.24, 2.45) is 0 Å². The third-order valence-electron chi connectivity index (χ3n) is 3.70. The number of aromatic nitrogens is 1. The molecule has 1 N–H and O–H groups in total. The molecule has 0 unspecified atom stereocenters. The first-order chi connectivity index (χ1) is 11.6. The number of halogens is 2. The number of anilines is 1. The highest BCUT2D eigenvalue weighted by Gasteiger charge is 2.15. The second kappa shape index (κ2) is 6.06. The lowest BCUT2D eigenvalue weighted by atomic mass is 10.0. The van der Waals surface area contributed by atoms with Gasteiger partial charge in [0.1, 0.15) is 5.52 Å². The standard InChI is InChI=1S/C18H10Cl2N2OS/c19-13-8-9-14(20)16-15(13)21-18(24-16)22-17(23)12-7-3-5-10-4-1-2-6-11(10)12/h1-9H,(H,21,22,23). The normalized spacial score (nSPS) is 11.1. The van der Waals surface area contributed by atoms with Crippen molar-refractivity contribution in [1.82, 2.24) is 4.98 Å². The smallest absolute Gasteiger partial charge is 0.258 e. The average molecular weight is 373 g/mol. The number of nitrogens with one attached hydrogen (secondary N) is 1. The molecule has 0 aliphatic heterocycles. The van der Waals surface area contributed by atoms with Gasteiger partial charge in [-0.2, -0.15) is 0 Å². The Hall–Kier alpha value is -2.14. The molecule has 0 bridgehead atoms. The number of nitrogens with zero attached hydrogens (tertiary/aromatic N) is 1. The van der Waals surface area contributed by atoms with Crippen molar-refractivity contribution in [3.63, 3.8) is 0 Å². The molecule has 1 heterocycles. The minimum absolute atomic E-state index is 0.210. The van der Waals surface area contributed by atoms with Gasteiger partial charge in [-0.25, -0.2) is 4.98 Å². The highest BCUT2D eigenvalue weighted by molar-refractivity contribution is 7.23. The molecule has 0 aliphatic rings. The Morgan fingerprint density at radius 1 is 0.958 bits per heavy atom. The van der Waals surface area contributed by atoms with Gasteiger partial charge in [-0.3, -0.25) is 10.1 Å². The molecule has 6 heteroatoms. The van der Waals surface area contributed by atoms with Crippen LogP contribution in [0.3, 0.4) is 0 Å². The minimum Gasteiger partial charge on any atom is -0.298 e. The number of amides is 1. The van der Waals surface area contributed by atoms with Crippen molar-refractivity contribution >= 4 is 66.6 Å². The van der Waals surface area contributed by atoms with Gasteiger partial charge in [-0.15, -0.1) is 0 Å². The van der Waals surface area contributed by atoms with E-state index in [1.807, 2.05) is 36.4 Å². The quantitative estimate of drug-likeness (QED) is 0.468. The zero-order valence-electron chi connectivity index (χ0n) is 12.2. The molecule has 0 saturated heterocycles. The number of fused-ring (bicyclic) bond motifs is 2. The molecule has 3 nitrogen and oxygen atoms in total. The van der Waals surface area contributed by atoms with Crippen LogP contribution in [0.5, 0.6) is 0 Å². The fourth-order valence-electron chi connectivity index (χ4n) is 2.59. The van der Waals surface area contributed by atoms with E-state index in [9.17, 15) is 4.79 Å². The van der Waals surface area contributed by atoms with E-state index in [1.165, 1.54) is 11.3 Å². The molecule has 118 valence electrons. The monoisotopic (exact) mass is 372 g/mol. The van der Waals surface area contributed by atoms with Crippen LogP contribution in [0.1, 0.15) is 10.4 Å². The average Bonchev–Trinajstić information content (AvgIpc) is 3.03. The van der Waals surface area contributed by atoms with Crippen molar-refractivity contribution in [2.45, 2.75) is 0 Å². The lowest BCUT2D eigenvalue weighted by Gasteiger charge is -2.05. The molecule has 1 aromatic heterocycles. The van der Waals surface area contributed by atoms with E-state index >= 15 is 0 Å².